The zero-order valence-corrected chi connectivity index (χ0v) is 10.7. The summed E-state index contributed by atoms with van der Waals surface area (Å²) in [6.07, 6.45) is 0. The van der Waals surface area contributed by atoms with E-state index < -0.39 is 0 Å². The average molecular weight is 246 g/mol. The van der Waals surface area contributed by atoms with Crippen LogP contribution >= 0.6 is 0 Å². The second kappa shape index (κ2) is 4.72. The summed E-state index contributed by atoms with van der Waals surface area (Å²) in [6.45, 7) is 5.48. The molecule has 3 nitrogen and oxygen atoms in total. The maximum atomic E-state index is 13.6. The van der Waals surface area contributed by atoms with Crippen molar-refractivity contribution in [2.24, 2.45) is 0 Å². The van der Waals surface area contributed by atoms with Crippen LogP contribution in [0.2, 0.25) is 0 Å². The number of benzene rings is 1. The van der Waals surface area contributed by atoms with Crippen molar-refractivity contribution in [1.29, 1.82) is 0 Å². The Balaban J connectivity index is 2.39. The van der Waals surface area contributed by atoms with E-state index in [4.69, 9.17) is 0 Å². The standard InChI is InChI=1S/C14H15FN2O/c1-9-14(11(3)18)10(2)17(16-9)8-12-6-4-5-7-13(12)15/h4-7H,8H2,1-3H3. The Morgan fingerprint density at radius 1 is 1.33 bits per heavy atom. The van der Waals surface area contributed by atoms with Crippen LogP contribution in [0, 0.1) is 19.7 Å². The van der Waals surface area contributed by atoms with Crippen molar-refractivity contribution in [3.63, 3.8) is 0 Å². The van der Waals surface area contributed by atoms with Crippen LogP contribution in [0.1, 0.15) is 34.2 Å². The molecule has 0 spiro atoms. The van der Waals surface area contributed by atoms with Gasteiger partial charge in [0.25, 0.3) is 0 Å². The van der Waals surface area contributed by atoms with Gasteiger partial charge in [-0.2, -0.15) is 5.10 Å². The van der Waals surface area contributed by atoms with Gasteiger partial charge in [-0.3, -0.25) is 9.48 Å². The fourth-order valence-electron chi connectivity index (χ4n) is 2.15. The number of Topliss-reactive ketones (excluding diaryl/α,β-unsaturated/α-hetero) is 1. The van der Waals surface area contributed by atoms with Crippen molar-refractivity contribution in [2.75, 3.05) is 0 Å². The molecular weight excluding hydrogens is 231 g/mol. The van der Waals surface area contributed by atoms with Gasteiger partial charge in [-0.25, -0.2) is 4.39 Å². The number of rotatable bonds is 3. The highest BCUT2D eigenvalue weighted by molar-refractivity contribution is 5.96. The fraction of sp³-hybridized carbons (Fsp3) is 0.286. The molecule has 0 fully saturated rings. The third kappa shape index (κ3) is 2.18. The number of nitrogens with zero attached hydrogens (tertiary/aromatic N) is 2. The van der Waals surface area contributed by atoms with Crippen molar-refractivity contribution in [2.45, 2.75) is 27.3 Å². The molecule has 18 heavy (non-hydrogen) atoms. The summed E-state index contributed by atoms with van der Waals surface area (Å²) >= 11 is 0. The smallest absolute Gasteiger partial charge is 0.163 e. The molecule has 0 radical (unpaired) electrons. The van der Waals surface area contributed by atoms with Gasteiger partial charge in [0.2, 0.25) is 0 Å². The highest BCUT2D eigenvalue weighted by Crippen LogP contribution is 2.16. The number of carbonyl (C=O) groups is 1. The number of carbonyl (C=O) groups excluding carboxylic acids is 1. The van der Waals surface area contributed by atoms with E-state index >= 15 is 0 Å². The molecule has 1 aromatic carbocycles. The minimum absolute atomic E-state index is 0.00946. The molecule has 4 heteroatoms. The Labute approximate surface area is 105 Å². The molecule has 0 unspecified atom stereocenters. The summed E-state index contributed by atoms with van der Waals surface area (Å²) < 4.78 is 15.2. The second-order valence-electron chi connectivity index (χ2n) is 4.35. The lowest BCUT2D eigenvalue weighted by Crippen LogP contribution is -2.06. The molecule has 0 aliphatic carbocycles. The van der Waals surface area contributed by atoms with E-state index in [1.807, 2.05) is 6.92 Å². The lowest BCUT2D eigenvalue weighted by Gasteiger charge is -2.06. The van der Waals surface area contributed by atoms with Gasteiger partial charge in [0.1, 0.15) is 5.82 Å². The van der Waals surface area contributed by atoms with Crippen LogP contribution in [-0.4, -0.2) is 15.6 Å². The van der Waals surface area contributed by atoms with Gasteiger partial charge < -0.3 is 0 Å². The molecule has 0 bridgehead atoms. The second-order valence-corrected chi connectivity index (χ2v) is 4.35. The van der Waals surface area contributed by atoms with Gasteiger partial charge in [0.15, 0.2) is 5.78 Å². The van der Waals surface area contributed by atoms with Crippen molar-refractivity contribution >= 4 is 5.78 Å². The van der Waals surface area contributed by atoms with E-state index in [0.717, 1.165) is 5.69 Å². The van der Waals surface area contributed by atoms with Crippen molar-refractivity contribution in [3.8, 4) is 0 Å². The number of aryl methyl sites for hydroxylation is 1. The number of aromatic nitrogens is 2. The summed E-state index contributed by atoms with van der Waals surface area (Å²) in [5.41, 5.74) is 2.67. The van der Waals surface area contributed by atoms with Crippen LogP contribution in [0.3, 0.4) is 0 Å². The average Bonchev–Trinajstić information content (AvgIpc) is 2.57. The first kappa shape index (κ1) is 12.5. The Morgan fingerprint density at radius 2 is 2.00 bits per heavy atom. The molecule has 0 saturated carbocycles. The SMILES string of the molecule is CC(=O)c1c(C)nn(Cc2ccccc2F)c1C. The largest absolute Gasteiger partial charge is 0.294 e. The van der Waals surface area contributed by atoms with Crippen LogP contribution in [0.15, 0.2) is 24.3 Å². The van der Waals surface area contributed by atoms with Crippen molar-refractivity contribution < 1.29 is 9.18 Å². The molecule has 0 saturated heterocycles. The molecule has 0 amide bonds. The summed E-state index contributed by atoms with van der Waals surface area (Å²) in [4.78, 5) is 11.5. The van der Waals surface area contributed by atoms with Gasteiger partial charge in [-0.15, -0.1) is 0 Å². The number of hydrogen-bond donors (Lipinski definition) is 0. The third-order valence-electron chi connectivity index (χ3n) is 3.01. The van der Waals surface area contributed by atoms with Crippen LogP contribution in [0.5, 0.6) is 0 Å². The van der Waals surface area contributed by atoms with Gasteiger partial charge in [-0.05, 0) is 26.8 Å². The molecule has 2 aromatic rings. The van der Waals surface area contributed by atoms with Crippen molar-refractivity contribution in [1.82, 2.24) is 9.78 Å². The Kier molecular flexibility index (Phi) is 3.28. The van der Waals surface area contributed by atoms with Crippen LogP contribution in [-0.2, 0) is 6.54 Å². The molecular formula is C14H15FN2O. The maximum Gasteiger partial charge on any atom is 0.163 e. The van der Waals surface area contributed by atoms with E-state index in [-0.39, 0.29) is 11.6 Å². The topological polar surface area (TPSA) is 34.9 Å². The van der Waals surface area contributed by atoms with E-state index in [2.05, 4.69) is 5.10 Å². The molecule has 0 aliphatic rings. The summed E-state index contributed by atoms with van der Waals surface area (Å²) in [7, 11) is 0. The van der Waals surface area contributed by atoms with E-state index in [9.17, 15) is 9.18 Å². The predicted molar refractivity (Wildman–Crippen MR) is 67.2 cm³/mol. The Hall–Kier alpha value is -1.97. The summed E-state index contributed by atoms with van der Waals surface area (Å²) in [5, 5.41) is 4.30. The van der Waals surface area contributed by atoms with E-state index in [0.29, 0.717) is 23.4 Å². The Bertz CT molecular complexity index is 602. The molecule has 1 heterocycles. The maximum absolute atomic E-state index is 13.6. The molecule has 1 aromatic heterocycles. The highest BCUT2D eigenvalue weighted by atomic mass is 19.1. The lowest BCUT2D eigenvalue weighted by molar-refractivity contribution is 0.101. The summed E-state index contributed by atoms with van der Waals surface area (Å²) in [5.74, 6) is -0.265. The highest BCUT2D eigenvalue weighted by Gasteiger charge is 2.15. The van der Waals surface area contributed by atoms with E-state index in [1.165, 1.54) is 13.0 Å². The van der Waals surface area contributed by atoms with Crippen LogP contribution in [0.4, 0.5) is 4.39 Å². The molecule has 0 N–H and O–H groups in total. The number of hydrogen-bond acceptors (Lipinski definition) is 2. The quantitative estimate of drug-likeness (QED) is 0.780. The monoisotopic (exact) mass is 246 g/mol. The zero-order valence-electron chi connectivity index (χ0n) is 10.7. The predicted octanol–water partition coefficient (Wildman–Crippen LogP) is 2.89. The normalized spacial score (nSPS) is 10.7. The molecule has 0 atom stereocenters. The van der Waals surface area contributed by atoms with Crippen molar-refractivity contribution in [3.05, 3.63) is 52.6 Å². The molecule has 2 rings (SSSR count). The number of halogens is 1. The summed E-state index contributed by atoms with van der Waals surface area (Å²) in [6, 6.07) is 6.59. The first-order valence-electron chi connectivity index (χ1n) is 5.79. The van der Waals surface area contributed by atoms with Gasteiger partial charge in [0, 0.05) is 11.3 Å². The van der Waals surface area contributed by atoms with Gasteiger partial charge >= 0.3 is 0 Å². The minimum atomic E-state index is -0.255. The zero-order chi connectivity index (χ0) is 13.3. The fourth-order valence-corrected chi connectivity index (χ4v) is 2.15. The number of ketones is 1. The lowest BCUT2D eigenvalue weighted by atomic mass is 10.1. The van der Waals surface area contributed by atoms with Gasteiger partial charge in [-0.1, -0.05) is 18.2 Å². The first-order chi connectivity index (χ1) is 8.50. The van der Waals surface area contributed by atoms with E-state index in [1.54, 1.807) is 29.8 Å². The molecule has 0 aliphatic heterocycles. The minimum Gasteiger partial charge on any atom is -0.294 e. The van der Waals surface area contributed by atoms with Crippen LogP contribution in [0.25, 0.3) is 0 Å². The molecule has 94 valence electrons. The van der Waals surface area contributed by atoms with Crippen LogP contribution < -0.4 is 0 Å². The first-order valence-corrected chi connectivity index (χ1v) is 5.79. The third-order valence-corrected chi connectivity index (χ3v) is 3.01. The Morgan fingerprint density at radius 3 is 2.56 bits per heavy atom. The van der Waals surface area contributed by atoms with Gasteiger partial charge in [0.05, 0.1) is 17.8 Å².